The van der Waals surface area contributed by atoms with E-state index in [2.05, 4.69) is 56.7 Å². The highest BCUT2D eigenvalue weighted by Crippen LogP contribution is 2.11. The lowest BCUT2D eigenvalue weighted by atomic mass is 10.1. The van der Waals surface area contributed by atoms with Crippen molar-refractivity contribution < 1.29 is 4.39 Å². The van der Waals surface area contributed by atoms with Gasteiger partial charge in [-0.3, -0.25) is 4.90 Å². The smallest absolute Gasteiger partial charge is 0.191 e. The average Bonchev–Trinajstić information content (AvgIpc) is 2.74. The van der Waals surface area contributed by atoms with Gasteiger partial charge in [0.05, 0.1) is 6.54 Å². The van der Waals surface area contributed by atoms with E-state index < -0.39 is 0 Å². The van der Waals surface area contributed by atoms with Crippen molar-refractivity contribution in [1.82, 2.24) is 20.4 Å². The fourth-order valence-electron chi connectivity index (χ4n) is 3.35. The molecule has 1 heterocycles. The Morgan fingerprint density at radius 1 is 0.966 bits per heavy atom. The molecular weight excluding hydrogens is 365 g/mol. The highest BCUT2D eigenvalue weighted by Gasteiger charge is 2.13. The highest BCUT2D eigenvalue weighted by molar-refractivity contribution is 5.79. The number of piperazine rings is 1. The molecule has 0 atom stereocenters. The number of rotatable bonds is 7. The Labute approximate surface area is 173 Å². The first-order chi connectivity index (χ1) is 14.1. The number of aliphatic imine (C=N–C) groups is 1. The van der Waals surface area contributed by atoms with E-state index in [1.807, 2.05) is 13.0 Å². The first-order valence-electron chi connectivity index (χ1n) is 10.4. The van der Waals surface area contributed by atoms with E-state index in [4.69, 9.17) is 0 Å². The number of guanidine groups is 1. The van der Waals surface area contributed by atoms with E-state index in [0.717, 1.165) is 44.8 Å². The molecule has 1 fully saturated rings. The lowest BCUT2D eigenvalue weighted by Gasteiger charge is -2.32. The Morgan fingerprint density at radius 2 is 1.66 bits per heavy atom. The summed E-state index contributed by atoms with van der Waals surface area (Å²) in [6.07, 6.45) is 0. The summed E-state index contributed by atoms with van der Waals surface area (Å²) in [5.41, 5.74) is 3.13. The molecular formula is C23H32FN5. The predicted molar refractivity (Wildman–Crippen MR) is 117 cm³/mol. The average molecular weight is 398 g/mol. The number of nitrogens with one attached hydrogen (secondary N) is 2. The molecule has 1 saturated heterocycles. The number of halogens is 1. The van der Waals surface area contributed by atoms with Crippen molar-refractivity contribution in [3.8, 4) is 0 Å². The van der Waals surface area contributed by atoms with Crippen LogP contribution in [0.25, 0.3) is 0 Å². The van der Waals surface area contributed by atoms with Crippen LogP contribution in [0, 0.1) is 5.82 Å². The van der Waals surface area contributed by atoms with E-state index in [1.54, 1.807) is 12.1 Å². The van der Waals surface area contributed by atoms with Gasteiger partial charge in [-0.05, 0) is 31.2 Å². The van der Waals surface area contributed by atoms with Crippen molar-refractivity contribution in [1.29, 1.82) is 0 Å². The maximum Gasteiger partial charge on any atom is 0.191 e. The van der Waals surface area contributed by atoms with Gasteiger partial charge in [-0.15, -0.1) is 0 Å². The van der Waals surface area contributed by atoms with Crippen molar-refractivity contribution >= 4 is 5.96 Å². The second kappa shape index (κ2) is 10.9. The molecule has 0 unspecified atom stereocenters. The SMILES string of the molecule is CCNC(=NCc1ccc(CN2CCN(C)CC2)cc1)NCc1ccccc1F. The van der Waals surface area contributed by atoms with Gasteiger partial charge >= 0.3 is 0 Å². The van der Waals surface area contributed by atoms with Crippen LogP contribution in [0.2, 0.25) is 0 Å². The summed E-state index contributed by atoms with van der Waals surface area (Å²) in [6.45, 7) is 9.30. The van der Waals surface area contributed by atoms with Crippen LogP contribution in [-0.4, -0.2) is 55.5 Å². The molecule has 0 spiro atoms. The Balaban J connectivity index is 1.52. The molecule has 1 aliphatic rings. The summed E-state index contributed by atoms with van der Waals surface area (Å²) in [4.78, 5) is 9.52. The first-order valence-corrected chi connectivity index (χ1v) is 10.4. The molecule has 29 heavy (non-hydrogen) atoms. The van der Waals surface area contributed by atoms with Gasteiger partial charge in [0.25, 0.3) is 0 Å². The lowest BCUT2D eigenvalue weighted by Crippen LogP contribution is -2.43. The number of benzene rings is 2. The minimum atomic E-state index is -0.202. The Bertz CT molecular complexity index is 782. The van der Waals surface area contributed by atoms with Gasteiger partial charge in [0.15, 0.2) is 5.96 Å². The molecule has 2 aromatic carbocycles. The van der Waals surface area contributed by atoms with Crippen LogP contribution >= 0.6 is 0 Å². The Morgan fingerprint density at radius 3 is 2.34 bits per heavy atom. The summed E-state index contributed by atoms with van der Waals surface area (Å²) in [5.74, 6) is 0.490. The third kappa shape index (κ3) is 6.84. The quantitative estimate of drug-likeness (QED) is 0.557. The maximum absolute atomic E-state index is 13.8. The van der Waals surface area contributed by atoms with Crippen LogP contribution in [0.4, 0.5) is 4.39 Å². The molecule has 0 aromatic heterocycles. The fourth-order valence-corrected chi connectivity index (χ4v) is 3.35. The van der Waals surface area contributed by atoms with Gasteiger partial charge in [-0.25, -0.2) is 9.38 Å². The van der Waals surface area contributed by atoms with E-state index in [-0.39, 0.29) is 5.82 Å². The summed E-state index contributed by atoms with van der Waals surface area (Å²) in [5, 5.41) is 6.42. The maximum atomic E-state index is 13.8. The van der Waals surface area contributed by atoms with Crippen molar-refractivity contribution in [2.75, 3.05) is 39.8 Å². The monoisotopic (exact) mass is 397 g/mol. The van der Waals surface area contributed by atoms with Crippen molar-refractivity contribution in [2.45, 2.75) is 26.6 Å². The normalized spacial score (nSPS) is 16.0. The van der Waals surface area contributed by atoms with Crippen LogP contribution < -0.4 is 10.6 Å². The fraction of sp³-hybridized carbons (Fsp3) is 0.435. The van der Waals surface area contributed by atoms with Gasteiger partial charge in [0, 0.05) is 51.4 Å². The zero-order valence-electron chi connectivity index (χ0n) is 17.5. The minimum absolute atomic E-state index is 0.202. The molecule has 3 rings (SSSR count). The molecule has 156 valence electrons. The third-order valence-electron chi connectivity index (χ3n) is 5.19. The van der Waals surface area contributed by atoms with E-state index in [0.29, 0.717) is 24.6 Å². The molecule has 2 N–H and O–H groups in total. The second-order valence-corrected chi connectivity index (χ2v) is 7.54. The molecule has 0 bridgehead atoms. The van der Waals surface area contributed by atoms with Gasteiger partial charge in [-0.2, -0.15) is 0 Å². The number of nitrogens with zero attached hydrogens (tertiary/aromatic N) is 3. The van der Waals surface area contributed by atoms with E-state index in [9.17, 15) is 4.39 Å². The summed E-state index contributed by atoms with van der Waals surface area (Å²) in [7, 11) is 2.18. The topological polar surface area (TPSA) is 42.9 Å². The first kappa shape index (κ1) is 21.3. The summed E-state index contributed by atoms with van der Waals surface area (Å²) >= 11 is 0. The Kier molecular flexibility index (Phi) is 8.02. The van der Waals surface area contributed by atoms with Gasteiger partial charge in [-0.1, -0.05) is 42.5 Å². The summed E-state index contributed by atoms with van der Waals surface area (Å²) < 4.78 is 13.8. The largest absolute Gasteiger partial charge is 0.357 e. The van der Waals surface area contributed by atoms with Crippen molar-refractivity contribution in [3.05, 3.63) is 71.0 Å². The molecule has 0 saturated carbocycles. The summed E-state index contributed by atoms with van der Waals surface area (Å²) in [6, 6.07) is 15.5. The molecule has 0 aliphatic carbocycles. The lowest BCUT2D eigenvalue weighted by molar-refractivity contribution is 0.148. The Hall–Kier alpha value is -2.44. The van der Waals surface area contributed by atoms with Crippen LogP contribution in [0.1, 0.15) is 23.6 Å². The zero-order valence-corrected chi connectivity index (χ0v) is 17.5. The van der Waals surface area contributed by atoms with Crippen LogP contribution in [0.3, 0.4) is 0 Å². The molecule has 0 amide bonds. The third-order valence-corrected chi connectivity index (χ3v) is 5.19. The minimum Gasteiger partial charge on any atom is -0.357 e. The van der Waals surface area contributed by atoms with Crippen molar-refractivity contribution in [3.63, 3.8) is 0 Å². The van der Waals surface area contributed by atoms with Gasteiger partial charge < -0.3 is 15.5 Å². The second-order valence-electron chi connectivity index (χ2n) is 7.54. The zero-order chi connectivity index (χ0) is 20.5. The predicted octanol–water partition coefficient (Wildman–Crippen LogP) is 2.83. The van der Waals surface area contributed by atoms with Gasteiger partial charge in [0.1, 0.15) is 5.82 Å². The standard InChI is InChI=1S/C23H32FN5/c1-3-25-23(27-17-21-6-4-5-7-22(21)24)26-16-19-8-10-20(11-9-19)18-29-14-12-28(2)13-15-29/h4-11H,3,12-18H2,1-2H3,(H2,25,26,27). The number of hydrogen-bond acceptors (Lipinski definition) is 3. The number of likely N-dealkylation sites (N-methyl/N-ethyl adjacent to an activating group) is 1. The molecule has 5 nitrogen and oxygen atoms in total. The molecule has 6 heteroatoms. The molecule has 1 aliphatic heterocycles. The van der Waals surface area contributed by atoms with Crippen molar-refractivity contribution in [2.24, 2.45) is 4.99 Å². The van der Waals surface area contributed by atoms with Crippen LogP contribution in [-0.2, 0) is 19.6 Å². The molecule has 2 aromatic rings. The van der Waals surface area contributed by atoms with Crippen LogP contribution in [0.5, 0.6) is 0 Å². The number of hydrogen-bond donors (Lipinski definition) is 2. The van der Waals surface area contributed by atoms with Gasteiger partial charge in [0.2, 0.25) is 0 Å². The highest BCUT2D eigenvalue weighted by atomic mass is 19.1. The molecule has 0 radical (unpaired) electrons. The van der Waals surface area contributed by atoms with E-state index in [1.165, 1.54) is 11.6 Å². The van der Waals surface area contributed by atoms with Crippen LogP contribution in [0.15, 0.2) is 53.5 Å². The van der Waals surface area contributed by atoms with E-state index >= 15 is 0 Å².